The van der Waals surface area contributed by atoms with Crippen molar-refractivity contribution in [3.05, 3.63) is 157 Å². The molecule has 0 bridgehead atoms. The Morgan fingerprint density at radius 3 is 1.64 bits per heavy atom. The Morgan fingerprint density at radius 2 is 0.979 bits per heavy atom. The maximum atomic E-state index is 9.98. The number of fused-ring (bicyclic) bond motifs is 3. The van der Waals surface area contributed by atoms with Crippen LogP contribution in [0.25, 0.3) is 72.8 Å². The van der Waals surface area contributed by atoms with Crippen molar-refractivity contribution in [1.82, 2.24) is 19.5 Å². The zero-order valence-corrected chi connectivity index (χ0v) is 25.0. The first-order valence-electron chi connectivity index (χ1n) is 15.2. The number of hydrogen-bond acceptors (Lipinski definition) is 5. The molecule has 2 heterocycles. The average molecular weight is 601 g/mol. The molecular weight excluding hydrogens is 576 g/mol. The second-order valence-corrected chi connectivity index (χ2v) is 11.2. The van der Waals surface area contributed by atoms with Gasteiger partial charge in [-0.3, -0.25) is 0 Å². The third-order valence-corrected chi connectivity index (χ3v) is 8.33. The highest BCUT2D eigenvalue weighted by Crippen LogP contribution is 2.38. The Kier molecular flexibility index (Phi) is 6.80. The van der Waals surface area contributed by atoms with E-state index >= 15 is 0 Å². The van der Waals surface area contributed by atoms with Gasteiger partial charge in [-0.25, -0.2) is 15.0 Å². The zero-order valence-electron chi connectivity index (χ0n) is 25.0. The highest BCUT2D eigenvalue weighted by Gasteiger charge is 2.20. The molecule has 6 aromatic carbocycles. The van der Waals surface area contributed by atoms with E-state index in [-0.39, 0.29) is 0 Å². The molecule has 8 aromatic rings. The lowest BCUT2D eigenvalue weighted by Gasteiger charge is -2.15. The minimum Gasteiger partial charge on any atom is -0.308 e. The second kappa shape index (κ2) is 11.6. The monoisotopic (exact) mass is 600 g/mol. The van der Waals surface area contributed by atoms with Gasteiger partial charge in [-0.1, -0.05) is 97.1 Å². The van der Waals surface area contributed by atoms with Crippen molar-refractivity contribution in [3.63, 3.8) is 0 Å². The second-order valence-electron chi connectivity index (χ2n) is 11.2. The van der Waals surface area contributed by atoms with Gasteiger partial charge in [0.25, 0.3) is 0 Å². The minimum atomic E-state index is 0.477. The lowest BCUT2D eigenvalue weighted by Crippen LogP contribution is -2.04. The van der Waals surface area contributed by atoms with Crippen LogP contribution in [0.5, 0.6) is 0 Å². The highest BCUT2D eigenvalue weighted by molar-refractivity contribution is 6.11. The molecule has 0 amide bonds. The molecule has 0 fully saturated rings. The standard InChI is InChI=1S/C41H24N6/c42-25-27-15-18-29(19-16-27)32-20-22-37-34(24-32)33-13-7-8-14-36(33)47(37)38-21-17-28(26-43)23-35(38)41-45-39(30-9-3-1-4-10-30)44-40(46-41)31-11-5-2-6-12-31/h1-24H. The van der Waals surface area contributed by atoms with Gasteiger partial charge in [0.05, 0.1) is 40.0 Å². The molecule has 218 valence electrons. The van der Waals surface area contributed by atoms with E-state index in [1.807, 2.05) is 115 Å². The summed E-state index contributed by atoms with van der Waals surface area (Å²) in [6.07, 6.45) is 0. The first kappa shape index (κ1) is 27.6. The van der Waals surface area contributed by atoms with Crippen molar-refractivity contribution in [1.29, 1.82) is 10.5 Å². The molecule has 0 saturated heterocycles. The molecule has 0 spiro atoms. The van der Waals surface area contributed by atoms with Gasteiger partial charge in [0.1, 0.15) is 0 Å². The molecule has 0 radical (unpaired) electrons. The van der Waals surface area contributed by atoms with Crippen LogP contribution in [0.4, 0.5) is 0 Å². The Hall–Kier alpha value is -6.89. The molecule has 6 nitrogen and oxygen atoms in total. The number of nitrogens with zero attached hydrogens (tertiary/aromatic N) is 6. The van der Waals surface area contributed by atoms with Crippen LogP contribution in [0.1, 0.15) is 11.1 Å². The summed E-state index contributed by atoms with van der Waals surface area (Å²) in [6, 6.07) is 52.3. The summed E-state index contributed by atoms with van der Waals surface area (Å²) >= 11 is 0. The fraction of sp³-hybridized carbons (Fsp3) is 0. The summed E-state index contributed by atoms with van der Waals surface area (Å²) in [5, 5.41) is 21.4. The summed E-state index contributed by atoms with van der Waals surface area (Å²) in [5.74, 6) is 1.58. The van der Waals surface area contributed by atoms with Crippen LogP contribution in [0.15, 0.2) is 146 Å². The van der Waals surface area contributed by atoms with E-state index in [1.54, 1.807) is 0 Å². The van der Waals surface area contributed by atoms with Crippen LogP contribution in [-0.4, -0.2) is 19.5 Å². The maximum Gasteiger partial charge on any atom is 0.166 e. The molecule has 0 unspecified atom stereocenters. The summed E-state index contributed by atoms with van der Waals surface area (Å²) in [7, 11) is 0. The smallest absolute Gasteiger partial charge is 0.166 e. The number of rotatable bonds is 5. The van der Waals surface area contributed by atoms with Crippen molar-refractivity contribution in [2.75, 3.05) is 0 Å². The largest absolute Gasteiger partial charge is 0.308 e. The van der Waals surface area contributed by atoms with Crippen LogP contribution in [0.2, 0.25) is 0 Å². The van der Waals surface area contributed by atoms with Crippen LogP contribution in [0, 0.1) is 22.7 Å². The van der Waals surface area contributed by atoms with Crippen LogP contribution >= 0.6 is 0 Å². The molecule has 0 aliphatic rings. The normalized spacial score (nSPS) is 10.9. The molecule has 0 aliphatic carbocycles. The Balaban J connectivity index is 1.39. The van der Waals surface area contributed by atoms with Gasteiger partial charge in [0.2, 0.25) is 0 Å². The first-order chi connectivity index (χ1) is 23.2. The average Bonchev–Trinajstić information content (AvgIpc) is 3.48. The van der Waals surface area contributed by atoms with Gasteiger partial charge in [-0.15, -0.1) is 0 Å². The number of benzene rings is 6. The van der Waals surface area contributed by atoms with E-state index in [2.05, 4.69) is 47.0 Å². The third kappa shape index (κ3) is 4.97. The fourth-order valence-electron chi connectivity index (χ4n) is 6.06. The predicted molar refractivity (Wildman–Crippen MR) is 185 cm³/mol. The van der Waals surface area contributed by atoms with E-state index in [0.29, 0.717) is 28.6 Å². The van der Waals surface area contributed by atoms with E-state index in [4.69, 9.17) is 15.0 Å². The summed E-state index contributed by atoms with van der Waals surface area (Å²) in [5.41, 5.74) is 8.58. The summed E-state index contributed by atoms with van der Waals surface area (Å²) in [6.45, 7) is 0. The molecule has 0 aliphatic heterocycles. The molecule has 0 N–H and O–H groups in total. The summed E-state index contributed by atoms with van der Waals surface area (Å²) in [4.78, 5) is 14.9. The number of nitriles is 2. The predicted octanol–water partition coefficient (Wildman–Crippen LogP) is 9.38. The van der Waals surface area contributed by atoms with E-state index in [0.717, 1.165) is 55.3 Å². The van der Waals surface area contributed by atoms with Gasteiger partial charge in [-0.05, 0) is 59.7 Å². The lowest BCUT2D eigenvalue weighted by atomic mass is 10.0. The number of hydrogen-bond donors (Lipinski definition) is 0. The maximum absolute atomic E-state index is 9.98. The van der Waals surface area contributed by atoms with Crippen molar-refractivity contribution in [2.45, 2.75) is 0 Å². The highest BCUT2D eigenvalue weighted by atomic mass is 15.1. The Bertz CT molecular complexity index is 2460. The van der Waals surface area contributed by atoms with Crippen molar-refractivity contribution >= 4 is 21.8 Å². The molecular formula is C41H24N6. The minimum absolute atomic E-state index is 0.477. The fourth-order valence-corrected chi connectivity index (χ4v) is 6.06. The summed E-state index contributed by atoms with van der Waals surface area (Å²) < 4.78 is 2.22. The molecule has 8 rings (SSSR count). The molecule has 47 heavy (non-hydrogen) atoms. The molecule has 6 heteroatoms. The van der Waals surface area contributed by atoms with Gasteiger partial charge < -0.3 is 4.57 Å². The number of aromatic nitrogens is 4. The van der Waals surface area contributed by atoms with Crippen molar-refractivity contribution < 1.29 is 0 Å². The van der Waals surface area contributed by atoms with Crippen LogP contribution in [-0.2, 0) is 0 Å². The van der Waals surface area contributed by atoms with Crippen molar-refractivity contribution in [2.24, 2.45) is 0 Å². The third-order valence-electron chi connectivity index (χ3n) is 8.33. The molecule has 0 saturated carbocycles. The van der Waals surface area contributed by atoms with Gasteiger partial charge in [0.15, 0.2) is 17.5 Å². The van der Waals surface area contributed by atoms with Gasteiger partial charge in [0, 0.05) is 27.5 Å². The Labute approximate surface area is 271 Å². The Morgan fingerprint density at radius 1 is 0.426 bits per heavy atom. The van der Waals surface area contributed by atoms with E-state index < -0.39 is 0 Å². The first-order valence-corrected chi connectivity index (χ1v) is 15.2. The quantitative estimate of drug-likeness (QED) is 0.196. The zero-order chi connectivity index (χ0) is 31.7. The van der Waals surface area contributed by atoms with Crippen molar-refractivity contribution in [3.8, 4) is 63.1 Å². The van der Waals surface area contributed by atoms with Gasteiger partial charge in [-0.2, -0.15) is 10.5 Å². The van der Waals surface area contributed by atoms with Gasteiger partial charge >= 0.3 is 0 Å². The SMILES string of the molecule is N#Cc1ccc(-c2ccc3c(c2)c2ccccc2n3-c2ccc(C#N)cc2-c2nc(-c3ccccc3)nc(-c3ccccc3)n2)cc1. The molecule has 2 aromatic heterocycles. The van der Waals surface area contributed by atoms with E-state index in [1.165, 1.54) is 0 Å². The topological polar surface area (TPSA) is 91.2 Å². The molecule has 0 atom stereocenters. The number of para-hydroxylation sites is 1. The van der Waals surface area contributed by atoms with E-state index in [9.17, 15) is 10.5 Å². The van der Waals surface area contributed by atoms with Crippen LogP contribution in [0.3, 0.4) is 0 Å². The van der Waals surface area contributed by atoms with Crippen LogP contribution < -0.4 is 0 Å². The lowest BCUT2D eigenvalue weighted by molar-refractivity contribution is 1.06.